The fourth-order valence-electron chi connectivity index (χ4n) is 3.15. The van der Waals surface area contributed by atoms with Crippen LogP contribution in [0.15, 0.2) is 18.2 Å². The molecule has 0 aliphatic carbocycles. The van der Waals surface area contributed by atoms with Gasteiger partial charge >= 0.3 is 0 Å². The summed E-state index contributed by atoms with van der Waals surface area (Å²) in [5.41, 5.74) is 2.83. The van der Waals surface area contributed by atoms with Crippen molar-refractivity contribution in [2.75, 3.05) is 23.3 Å². The SMILES string of the molecule is CCN1C(=O)CC(Nc2ccc3c(c2)CCN3C(C)=O)C1=O. The van der Waals surface area contributed by atoms with Crippen LogP contribution in [0.4, 0.5) is 11.4 Å². The third-order valence-electron chi connectivity index (χ3n) is 4.26. The van der Waals surface area contributed by atoms with Crippen molar-refractivity contribution in [1.29, 1.82) is 0 Å². The summed E-state index contributed by atoms with van der Waals surface area (Å²) in [6.45, 7) is 4.46. The molecule has 1 fully saturated rings. The number of carbonyl (C=O) groups is 3. The van der Waals surface area contributed by atoms with Crippen LogP contribution in [-0.4, -0.2) is 41.8 Å². The zero-order chi connectivity index (χ0) is 15.9. The number of carbonyl (C=O) groups excluding carboxylic acids is 3. The Morgan fingerprint density at radius 2 is 2.14 bits per heavy atom. The molecule has 116 valence electrons. The summed E-state index contributed by atoms with van der Waals surface area (Å²) in [6, 6.07) is 5.22. The molecule has 6 nitrogen and oxygen atoms in total. The van der Waals surface area contributed by atoms with E-state index in [-0.39, 0.29) is 24.1 Å². The maximum Gasteiger partial charge on any atom is 0.252 e. The monoisotopic (exact) mass is 301 g/mol. The Hall–Kier alpha value is -2.37. The molecule has 1 aromatic rings. The first kappa shape index (κ1) is 14.6. The van der Waals surface area contributed by atoms with E-state index < -0.39 is 6.04 Å². The molecule has 0 radical (unpaired) electrons. The number of fused-ring (bicyclic) bond motifs is 1. The smallest absolute Gasteiger partial charge is 0.252 e. The molecule has 2 aliphatic rings. The quantitative estimate of drug-likeness (QED) is 0.851. The molecule has 2 heterocycles. The van der Waals surface area contributed by atoms with Crippen molar-refractivity contribution >= 4 is 29.1 Å². The average Bonchev–Trinajstić information content (AvgIpc) is 3.00. The van der Waals surface area contributed by atoms with E-state index in [1.165, 1.54) is 4.90 Å². The van der Waals surface area contributed by atoms with E-state index in [1.54, 1.807) is 18.7 Å². The van der Waals surface area contributed by atoms with E-state index in [9.17, 15) is 14.4 Å². The van der Waals surface area contributed by atoms with Gasteiger partial charge in [-0.3, -0.25) is 19.3 Å². The summed E-state index contributed by atoms with van der Waals surface area (Å²) in [6.07, 6.45) is 1.01. The number of nitrogens with one attached hydrogen (secondary N) is 1. The highest BCUT2D eigenvalue weighted by Gasteiger charge is 2.37. The minimum Gasteiger partial charge on any atom is -0.373 e. The zero-order valence-electron chi connectivity index (χ0n) is 12.8. The topological polar surface area (TPSA) is 69.7 Å². The lowest BCUT2D eigenvalue weighted by molar-refractivity contribution is -0.138. The zero-order valence-corrected chi connectivity index (χ0v) is 12.8. The molecule has 1 unspecified atom stereocenters. The van der Waals surface area contributed by atoms with Crippen molar-refractivity contribution in [2.24, 2.45) is 0 Å². The summed E-state index contributed by atoms with van der Waals surface area (Å²) in [7, 11) is 0. The van der Waals surface area contributed by atoms with Crippen molar-refractivity contribution in [1.82, 2.24) is 4.90 Å². The standard InChI is InChI=1S/C16H19N3O3/c1-3-18-15(21)9-13(16(18)22)17-12-4-5-14-11(8-12)6-7-19(14)10(2)20/h4-5,8,13,17H,3,6-7,9H2,1-2H3. The van der Waals surface area contributed by atoms with Gasteiger partial charge in [0.1, 0.15) is 6.04 Å². The summed E-state index contributed by atoms with van der Waals surface area (Å²) < 4.78 is 0. The van der Waals surface area contributed by atoms with E-state index in [0.29, 0.717) is 13.1 Å². The Labute approximate surface area is 129 Å². The number of anilines is 2. The molecule has 1 saturated heterocycles. The van der Waals surface area contributed by atoms with Gasteiger partial charge in [-0.05, 0) is 37.1 Å². The number of hydrogen-bond donors (Lipinski definition) is 1. The van der Waals surface area contributed by atoms with Crippen molar-refractivity contribution in [3.05, 3.63) is 23.8 Å². The number of nitrogens with zero attached hydrogens (tertiary/aromatic N) is 2. The number of likely N-dealkylation sites (tertiary alicyclic amines) is 1. The molecule has 3 rings (SSSR count). The summed E-state index contributed by atoms with van der Waals surface area (Å²) >= 11 is 0. The second-order valence-corrected chi connectivity index (χ2v) is 5.64. The first-order valence-corrected chi connectivity index (χ1v) is 7.53. The van der Waals surface area contributed by atoms with Crippen LogP contribution in [0.3, 0.4) is 0 Å². The van der Waals surface area contributed by atoms with Gasteiger partial charge in [0.05, 0.1) is 6.42 Å². The lowest BCUT2D eigenvalue weighted by Gasteiger charge is -2.17. The second-order valence-electron chi connectivity index (χ2n) is 5.64. The first-order valence-electron chi connectivity index (χ1n) is 7.53. The Morgan fingerprint density at radius 3 is 2.77 bits per heavy atom. The van der Waals surface area contributed by atoms with Gasteiger partial charge in [-0.1, -0.05) is 0 Å². The van der Waals surface area contributed by atoms with Crippen LogP contribution < -0.4 is 10.2 Å². The Kier molecular flexibility index (Phi) is 3.60. The lowest BCUT2D eigenvalue weighted by Crippen LogP contribution is -2.34. The van der Waals surface area contributed by atoms with Crippen molar-refractivity contribution in [2.45, 2.75) is 32.7 Å². The number of amides is 3. The predicted octanol–water partition coefficient (Wildman–Crippen LogP) is 1.15. The van der Waals surface area contributed by atoms with Crippen molar-refractivity contribution in [3.63, 3.8) is 0 Å². The van der Waals surface area contributed by atoms with Crippen molar-refractivity contribution in [3.8, 4) is 0 Å². The number of hydrogen-bond acceptors (Lipinski definition) is 4. The number of rotatable bonds is 3. The molecule has 6 heteroatoms. The number of benzene rings is 1. The van der Waals surface area contributed by atoms with E-state index in [1.807, 2.05) is 18.2 Å². The minimum atomic E-state index is -0.490. The summed E-state index contributed by atoms with van der Waals surface area (Å²) in [4.78, 5) is 38.4. The second kappa shape index (κ2) is 5.44. The third kappa shape index (κ3) is 2.34. The Bertz CT molecular complexity index is 656. The van der Waals surface area contributed by atoms with Gasteiger partial charge in [0.15, 0.2) is 0 Å². The highest BCUT2D eigenvalue weighted by Crippen LogP contribution is 2.31. The maximum atomic E-state index is 12.1. The Balaban J connectivity index is 1.77. The van der Waals surface area contributed by atoms with Crippen LogP contribution >= 0.6 is 0 Å². The van der Waals surface area contributed by atoms with Gasteiger partial charge in [-0.25, -0.2) is 0 Å². The van der Waals surface area contributed by atoms with Crippen LogP contribution in [0.2, 0.25) is 0 Å². The maximum absolute atomic E-state index is 12.1. The molecule has 2 aliphatic heterocycles. The normalized spacial score (nSPS) is 20.5. The molecule has 22 heavy (non-hydrogen) atoms. The van der Waals surface area contributed by atoms with Gasteiger partial charge < -0.3 is 10.2 Å². The number of likely N-dealkylation sites (N-methyl/N-ethyl adjacent to an activating group) is 1. The molecule has 0 aromatic heterocycles. The van der Waals surface area contributed by atoms with Crippen LogP contribution in [0, 0.1) is 0 Å². The van der Waals surface area contributed by atoms with Gasteiger partial charge in [0.2, 0.25) is 11.8 Å². The molecule has 1 aromatic carbocycles. The molecular weight excluding hydrogens is 282 g/mol. The van der Waals surface area contributed by atoms with Crippen molar-refractivity contribution < 1.29 is 14.4 Å². The van der Waals surface area contributed by atoms with Crippen LogP contribution in [0.1, 0.15) is 25.8 Å². The fourth-order valence-corrected chi connectivity index (χ4v) is 3.15. The largest absolute Gasteiger partial charge is 0.373 e. The Morgan fingerprint density at radius 1 is 1.36 bits per heavy atom. The average molecular weight is 301 g/mol. The van der Waals surface area contributed by atoms with Crippen LogP contribution in [0.5, 0.6) is 0 Å². The lowest BCUT2D eigenvalue weighted by atomic mass is 10.1. The van der Waals surface area contributed by atoms with Gasteiger partial charge in [-0.2, -0.15) is 0 Å². The van der Waals surface area contributed by atoms with E-state index in [2.05, 4.69) is 5.32 Å². The third-order valence-corrected chi connectivity index (χ3v) is 4.26. The fraction of sp³-hybridized carbons (Fsp3) is 0.438. The van der Waals surface area contributed by atoms with Gasteiger partial charge in [-0.15, -0.1) is 0 Å². The van der Waals surface area contributed by atoms with Crippen LogP contribution in [-0.2, 0) is 20.8 Å². The molecule has 3 amide bonds. The van der Waals surface area contributed by atoms with E-state index in [0.717, 1.165) is 23.4 Å². The molecule has 0 saturated carbocycles. The predicted molar refractivity (Wildman–Crippen MR) is 82.6 cm³/mol. The minimum absolute atomic E-state index is 0.0367. The molecule has 0 bridgehead atoms. The van der Waals surface area contributed by atoms with Crippen LogP contribution in [0.25, 0.3) is 0 Å². The molecule has 1 N–H and O–H groups in total. The van der Waals surface area contributed by atoms with E-state index >= 15 is 0 Å². The highest BCUT2D eigenvalue weighted by molar-refractivity contribution is 6.06. The summed E-state index contributed by atoms with van der Waals surface area (Å²) in [5.74, 6) is -0.262. The molecule has 0 spiro atoms. The highest BCUT2D eigenvalue weighted by atomic mass is 16.2. The summed E-state index contributed by atoms with van der Waals surface area (Å²) in [5, 5.41) is 3.14. The molecular formula is C16H19N3O3. The number of imide groups is 1. The van der Waals surface area contributed by atoms with Gasteiger partial charge in [0, 0.05) is 31.4 Å². The first-order chi connectivity index (χ1) is 10.5. The molecule has 1 atom stereocenters. The van der Waals surface area contributed by atoms with Gasteiger partial charge in [0.25, 0.3) is 5.91 Å². The van der Waals surface area contributed by atoms with E-state index in [4.69, 9.17) is 0 Å².